The van der Waals surface area contributed by atoms with Crippen LogP contribution in [0, 0.1) is 19.8 Å². The number of rotatable bonds is 3. The van der Waals surface area contributed by atoms with Gasteiger partial charge in [-0.15, -0.1) is 0 Å². The van der Waals surface area contributed by atoms with Crippen LogP contribution in [0.5, 0.6) is 0 Å². The van der Waals surface area contributed by atoms with Gasteiger partial charge in [0, 0.05) is 11.9 Å². The third-order valence-corrected chi connectivity index (χ3v) is 5.64. The zero-order chi connectivity index (χ0) is 17.8. The number of nitrogens with zero attached hydrogens (tertiary/aromatic N) is 3. The van der Waals surface area contributed by atoms with Gasteiger partial charge in [-0.05, 0) is 60.3 Å². The van der Waals surface area contributed by atoms with Crippen LogP contribution in [0.15, 0.2) is 69.1 Å². The van der Waals surface area contributed by atoms with Crippen LogP contribution in [-0.4, -0.2) is 15.0 Å². The highest BCUT2D eigenvalue weighted by atomic mass is 32.2. The molecule has 0 aliphatic carbocycles. The molecule has 1 atom stereocenters. The van der Waals surface area contributed by atoms with Crippen molar-refractivity contribution in [2.45, 2.75) is 32.3 Å². The van der Waals surface area contributed by atoms with E-state index in [4.69, 9.17) is 4.99 Å². The Hall–Kier alpha value is -1.85. The molecule has 2 aromatic rings. The lowest BCUT2D eigenvalue weighted by atomic mass is 9.99. The van der Waals surface area contributed by atoms with Gasteiger partial charge in [0.25, 0.3) is 0 Å². The van der Waals surface area contributed by atoms with Crippen LogP contribution >= 0.6 is 23.5 Å². The van der Waals surface area contributed by atoms with E-state index in [1.165, 1.54) is 11.1 Å². The van der Waals surface area contributed by atoms with E-state index in [1.807, 2.05) is 13.0 Å². The molecule has 3 rings (SSSR count). The second-order valence-corrected chi connectivity index (χ2v) is 8.17. The van der Waals surface area contributed by atoms with Gasteiger partial charge < -0.3 is 0 Å². The molecule has 2 heterocycles. The summed E-state index contributed by atoms with van der Waals surface area (Å²) >= 11 is 3.22. The summed E-state index contributed by atoms with van der Waals surface area (Å²) < 4.78 is 0. The first kappa shape index (κ1) is 18.0. The molecule has 1 aromatic carbocycles. The molecular weight excluding hydrogens is 346 g/mol. The van der Waals surface area contributed by atoms with Crippen molar-refractivity contribution < 1.29 is 0 Å². The maximum atomic E-state index is 4.87. The van der Waals surface area contributed by atoms with E-state index in [-0.39, 0.29) is 0 Å². The third-order valence-electron chi connectivity index (χ3n) is 3.88. The first-order valence-corrected chi connectivity index (χ1v) is 9.88. The molecule has 1 unspecified atom stereocenters. The molecule has 3 nitrogen and oxygen atoms in total. The van der Waals surface area contributed by atoms with Crippen molar-refractivity contribution in [1.29, 1.82) is 0 Å². The van der Waals surface area contributed by atoms with E-state index in [2.05, 4.69) is 60.1 Å². The summed E-state index contributed by atoms with van der Waals surface area (Å²) in [7, 11) is 0. The molecule has 0 amide bonds. The Kier molecular flexibility index (Phi) is 5.76. The standard InChI is InChI=1S/C20H21N3S2/c1-13-5-7-17(8-6-13)23-19-18(14(2)11-16(4)25-19)12-24-20-21-10-9-15(3)22-20/h5-10,12,14H,4,11H2,1-3H3/b18-12+,23-19?. The quantitative estimate of drug-likeness (QED) is 0.486. The van der Waals surface area contributed by atoms with Crippen molar-refractivity contribution in [3.8, 4) is 0 Å². The Morgan fingerprint density at radius 1 is 1.24 bits per heavy atom. The molecule has 0 saturated carbocycles. The van der Waals surface area contributed by atoms with Gasteiger partial charge in [-0.2, -0.15) is 0 Å². The van der Waals surface area contributed by atoms with Crippen molar-refractivity contribution in [2.24, 2.45) is 10.9 Å². The Morgan fingerprint density at radius 3 is 2.72 bits per heavy atom. The van der Waals surface area contributed by atoms with Gasteiger partial charge in [-0.1, -0.05) is 54.7 Å². The highest BCUT2D eigenvalue weighted by molar-refractivity contribution is 8.17. The molecule has 0 bridgehead atoms. The first-order valence-electron chi connectivity index (χ1n) is 8.19. The second kappa shape index (κ2) is 8.02. The van der Waals surface area contributed by atoms with Gasteiger partial charge >= 0.3 is 0 Å². The lowest BCUT2D eigenvalue weighted by Crippen LogP contribution is -2.14. The van der Waals surface area contributed by atoms with Gasteiger partial charge in [-0.3, -0.25) is 0 Å². The SMILES string of the molecule is C=C1CC(C)/C(=C\Sc2nccc(C)n2)C(=Nc2ccc(C)cc2)S1. The average molecular weight is 368 g/mol. The minimum absolute atomic E-state index is 0.384. The molecule has 5 heteroatoms. The van der Waals surface area contributed by atoms with E-state index in [9.17, 15) is 0 Å². The van der Waals surface area contributed by atoms with Gasteiger partial charge in [0.15, 0.2) is 5.16 Å². The predicted octanol–water partition coefficient (Wildman–Crippen LogP) is 6.09. The summed E-state index contributed by atoms with van der Waals surface area (Å²) in [5.74, 6) is 0.384. The lowest BCUT2D eigenvalue weighted by Gasteiger charge is -2.24. The van der Waals surface area contributed by atoms with E-state index >= 15 is 0 Å². The number of aryl methyl sites for hydroxylation is 2. The molecule has 128 valence electrons. The fraction of sp³-hybridized carbons (Fsp3) is 0.250. The molecule has 1 aliphatic heterocycles. The van der Waals surface area contributed by atoms with Crippen LogP contribution < -0.4 is 0 Å². The molecular formula is C20H21N3S2. The van der Waals surface area contributed by atoms with Crippen molar-refractivity contribution in [1.82, 2.24) is 9.97 Å². The molecule has 0 spiro atoms. The third kappa shape index (κ3) is 4.83. The van der Waals surface area contributed by atoms with E-state index < -0.39 is 0 Å². The van der Waals surface area contributed by atoms with Crippen LogP contribution in [0.3, 0.4) is 0 Å². The Bertz CT molecular complexity index is 838. The maximum Gasteiger partial charge on any atom is 0.192 e. The number of benzene rings is 1. The summed E-state index contributed by atoms with van der Waals surface area (Å²) in [6.45, 7) is 10.4. The van der Waals surface area contributed by atoms with E-state index in [1.54, 1.807) is 29.7 Å². The van der Waals surface area contributed by atoms with Crippen molar-refractivity contribution in [2.75, 3.05) is 0 Å². The maximum absolute atomic E-state index is 4.87. The highest BCUT2D eigenvalue weighted by Crippen LogP contribution is 2.40. The zero-order valence-electron chi connectivity index (χ0n) is 14.7. The van der Waals surface area contributed by atoms with Gasteiger partial charge in [0.05, 0.1) is 5.69 Å². The number of aromatic nitrogens is 2. The van der Waals surface area contributed by atoms with Crippen LogP contribution in [-0.2, 0) is 0 Å². The van der Waals surface area contributed by atoms with Gasteiger partial charge in [0.2, 0.25) is 0 Å². The second-order valence-electron chi connectivity index (χ2n) is 6.17. The number of hydrogen-bond donors (Lipinski definition) is 0. The fourth-order valence-corrected chi connectivity index (χ4v) is 4.59. The van der Waals surface area contributed by atoms with Crippen LogP contribution in [0.1, 0.15) is 24.6 Å². The number of allylic oxidation sites excluding steroid dienone is 1. The van der Waals surface area contributed by atoms with Crippen LogP contribution in [0.2, 0.25) is 0 Å². The minimum Gasteiger partial charge on any atom is -0.241 e. The van der Waals surface area contributed by atoms with Crippen LogP contribution in [0.4, 0.5) is 5.69 Å². The number of aliphatic imine (C=N–C) groups is 1. The molecule has 1 aliphatic rings. The molecule has 1 fully saturated rings. The van der Waals surface area contributed by atoms with Crippen molar-refractivity contribution in [3.63, 3.8) is 0 Å². The Morgan fingerprint density at radius 2 is 2.00 bits per heavy atom. The zero-order valence-corrected chi connectivity index (χ0v) is 16.3. The molecule has 0 radical (unpaired) electrons. The monoisotopic (exact) mass is 367 g/mol. The molecule has 25 heavy (non-hydrogen) atoms. The first-order chi connectivity index (χ1) is 12.0. The Balaban J connectivity index is 1.90. The topological polar surface area (TPSA) is 38.1 Å². The Labute approximate surface area is 157 Å². The largest absolute Gasteiger partial charge is 0.241 e. The minimum atomic E-state index is 0.384. The summed E-state index contributed by atoms with van der Waals surface area (Å²) in [6.07, 6.45) is 2.77. The summed E-state index contributed by atoms with van der Waals surface area (Å²) in [6, 6.07) is 10.2. The summed E-state index contributed by atoms with van der Waals surface area (Å²) in [5.41, 5.74) is 4.41. The van der Waals surface area contributed by atoms with Gasteiger partial charge in [0.1, 0.15) is 5.04 Å². The van der Waals surface area contributed by atoms with Gasteiger partial charge in [-0.25, -0.2) is 15.0 Å². The summed E-state index contributed by atoms with van der Waals surface area (Å²) in [4.78, 5) is 14.8. The molecule has 1 aromatic heterocycles. The van der Waals surface area contributed by atoms with Crippen LogP contribution in [0.25, 0.3) is 0 Å². The van der Waals surface area contributed by atoms with Crippen molar-refractivity contribution >= 4 is 34.3 Å². The van der Waals surface area contributed by atoms with Crippen molar-refractivity contribution in [3.05, 3.63) is 70.3 Å². The summed E-state index contributed by atoms with van der Waals surface area (Å²) in [5, 5.41) is 3.93. The molecule has 1 saturated heterocycles. The normalized spacial score (nSPS) is 21.1. The van der Waals surface area contributed by atoms with E-state index in [0.717, 1.165) is 32.9 Å². The average Bonchev–Trinajstić information content (AvgIpc) is 2.56. The molecule has 0 N–H and O–H groups in total. The highest BCUT2D eigenvalue weighted by Gasteiger charge is 2.24. The predicted molar refractivity (Wildman–Crippen MR) is 109 cm³/mol. The smallest absolute Gasteiger partial charge is 0.192 e. The number of hydrogen-bond acceptors (Lipinski definition) is 5. The van der Waals surface area contributed by atoms with E-state index in [0.29, 0.717) is 5.92 Å². The fourth-order valence-electron chi connectivity index (χ4n) is 2.49. The lowest BCUT2D eigenvalue weighted by molar-refractivity contribution is 0.715. The number of thioether (sulfide) groups is 2.